The van der Waals surface area contributed by atoms with E-state index in [0.29, 0.717) is 17.2 Å². The molecule has 0 bridgehead atoms. The van der Waals surface area contributed by atoms with E-state index in [1.807, 2.05) is 60.9 Å². The molecular weight excluding hydrogens is 386 g/mol. The molecular formula is C22H19N3O3S. The van der Waals surface area contributed by atoms with Crippen LogP contribution in [-0.4, -0.2) is 24.3 Å². The average Bonchev–Trinajstić information content (AvgIpc) is 2.76. The SMILES string of the molecule is CSc1ccc(/C=N\NC(=O)C(=O)Nc2ccc(Oc3ccccc3)cc2)cc1. The smallest absolute Gasteiger partial charge is 0.329 e. The molecule has 6 nitrogen and oxygen atoms in total. The predicted molar refractivity (Wildman–Crippen MR) is 116 cm³/mol. The Kier molecular flexibility index (Phi) is 7.02. The first-order chi connectivity index (χ1) is 14.1. The lowest BCUT2D eigenvalue weighted by Gasteiger charge is -2.07. The van der Waals surface area contributed by atoms with Crippen molar-refractivity contribution in [1.29, 1.82) is 0 Å². The van der Waals surface area contributed by atoms with Crippen molar-refractivity contribution in [3.8, 4) is 11.5 Å². The van der Waals surface area contributed by atoms with Crippen LogP contribution in [0.2, 0.25) is 0 Å². The van der Waals surface area contributed by atoms with Crippen LogP contribution in [0.15, 0.2) is 88.9 Å². The second kappa shape index (κ2) is 10.1. The number of carbonyl (C=O) groups is 2. The van der Waals surface area contributed by atoms with E-state index in [2.05, 4.69) is 15.8 Å². The summed E-state index contributed by atoms with van der Waals surface area (Å²) in [6.07, 6.45) is 3.47. The molecule has 0 unspecified atom stereocenters. The van der Waals surface area contributed by atoms with E-state index in [-0.39, 0.29) is 0 Å². The topological polar surface area (TPSA) is 79.8 Å². The molecule has 0 aliphatic carbocycles. The van der Waals surface area contributed by atoms with Crippen LogP contribution < -0.4 is 15.5 Å². The Balaban J connectivity index is 1.49. The number of hydrogen-bond donors (Lipinski definition) is 2. The van der Waals surface area contributed by atoms with Gasteiger partial charge in [0.25, 0.3) is 0 Å². The van der Waals surface area contributed by atoms with Gasteiger partial charge in [-0.15, -0.1) is 11.8 Å². The molecule has 0 saturated heterocycles. The highest BCUT2D eigenvalue weighted by Gasteiger charge is 2.12. The maximum absolute atomic E-state index is 12.0. The Hall–Kier alpha value is -3.58. The van der Waals surface area contributed by atoms with Crippen LogP contribution in [-0.2, 0) is 9.59 Å². The Labute approximate surface area is 173 Å². The van der Waals surface area contributed by atoms with E-state index >= 15 is 0 Å². The van der Waals surface area contributed by atoms with E-state index in [1.165, 1.54) is 6.21 Å². The summed E-state index contributed by atoms with van der Waals surface area (Å²) in [5.41, 5.74) is 3.50. The number of para-hydroxylation sites is 1. The van der Waals surface area contributed by atoms with Gasteiger partial charge in [0.1, 0.15) is 11.5 Å². The second-order valence-corrected chi connectivity index (χ2v) is 6.75. The summed E-state index contributed by atoms with van der Waals surface area (Å²) < 4.78 is 5.68. The minimum Gasteiger partial charge on any atom is -0.457 e. The maximum atomic E-state index is 12.0. The maximum Gasteiger partial charge on any atom is 0.329 e. The quantitative estimate of drug-likeness (QED) is 0.277. The highest BCUT2D eigenvalue weighted by atomic mass is 32.2. The van der Waals surface area contributed by atoms with Gasteiger partial charge in [-0.05, 0) is 60.4 Å². The van der Waals surface area contributed by atoms with Crippen molar-refractivity contribution in [1.82, 2.24) is 5.43 Å². The van der Waals surface area contributed by atoms with Crippen molar-refractivity contribution < 1.29 is 14.3 Å². The van der Waals surface area contributed by atoms with Gasteiger partial charge in [-0.2, -0.15) is 5.10 Å². The van der Waals surface area contributed by atoms with Crippen LogP contribution in [0, 0.1) is 0 Å². The molecule has 0 saturated carbocycles. The van der Waals surface area contributed by atoms with Gasteiger partial charge in [0, 0.05) is 10.6 Å². The van der Waals surface area contributed by atoms with E-state index in [0.717, 1.165) is 10.5 Å². The number of benzene rings is 3. The van der Waals surface area contributed by atoms with Gasteiger partial charge in [-0.3, -0.25) is 9.59 Å². The number of ether oxygens (including phenoxy) is 1. The van der Waals surface area contributed by atoms with Gasteiger partial charge < -0.3 is 10.1 Å². The third-order valence-corrected chi connectivity index (χ3v) is 4.54. The molecule has 0 spiro atoms. The first kappa shape index (κ1) is 20.2. The molecule has 0 heterocycles. The Morgan fingerprint density at radius 3 is 2.17 bits per heavy atom. The molecule has 0 aliphatic heterocycles. The summed E-state index contributed by atoms with van der Waals surface area (Å²) in [4.78, 5) is 25.0. The van der Waals surface area contributed by atoms with E-state index in [4.69, 9.17) is 4.74 Å². The standard InChI is InChI=1S/C22H19N3O3S/c1-29-20-13-7-16(8-14-20)15-23-25-22(27)21(26)24-17-9-11-19(12-10-17)28-18-5-3-2-4-6-18/h2-15H,1H3,(H,24,26)(H,25,27)/b23-15-. The highest BCUT2D eigenvalue weighted by molar-refractivity contribution is 7.98. The zero-order valence-corrected chi connectivity index (χ0v) is 16.5. The van der Waals surface area contributed by atoms with Crippen LogP contribution in [0.25, 0.3) is 0 Å². The molecule has 3 rings (SSSR count). The lowest BCUT2D eigenvalue weighted by Crippen LogP contribution is -2.32. The first-order valence-corrected chi connectivity index (χ1v) is 9.98. The molecule has 3 aromatic carbocycles. The van der Waals surface area contributed by atoms with E-state index < -0.39 is 11.8 Å². The molecule has 0 radical (unpaired) electrons. The van der Waals surface area contributed by atoms with Crippen molar-refractivity contribution in [3.63, 3.8) is 0 Å². The van der Waals surface area contributed by atoms with Gasteiger partial charge in [0.15, 0.2) is 0 Å². The van der Waals surface area contributed by atoms with Gasteiger partial charge in [0.2, 0.25) is 0 Å². The number of amides is 2. The van der Waals surface area contributed by atoms with Crippen LogP contribution in [0.4, 0.5) is 5.69 Å². The molecule has 7 heteroatoms. The number of rotatable bonds is 6. The third kappa shape index (κ3) is 6.22. The lowest BCUT2D eigenvalue weighted by molar-refractivity contribution is -0.136. The van der Waals surface area contributed by atoms with Crippen molar-refractivity contribution in [2.24, 2.45) is 5.10 Å². The fourth-order valence-corrected chi connectivity index (χ4v) is 2.73. The first-order valence-electron chi connectivity index (χ1n) is 8.75. The van der Waals surface area contributed by atoms with Crippen LogP contribution in [0.5, 0.6) is 11.5 Å². The summed E-state index contributed by atoms with van der Waals surface area (Å²) in [6.45, 7) is 0. The predicted octanol–water partition coefficient (Wildman–Crippen LogP) is 4.29. The van der Waals surface area contributed by atoms with Crippen molar-refractivity contribution in [2.75, 3.05) is 11.6 Å². The van der Waals surface area contributed by atoms with Gasteiger partial charge in [0.05, 0.1) is 6.21 Å². The Bertz CT molecular complexity index is 988. The van der Waals surface area contributed by atoms with E-state index in [1.54, 1.807) is 36.0 Å². The zero-order chi connectivity index (χ0) is 20.5. The average molecular weight is 405 g/mol. The molecule has 0 aliphatic rings. The minimum absolute atomic E-state index is 0.474. The van der Waals surface area contributed by atoms with Crippen LogP contribution in [0.3, 0.4) is 0 Å². The molecule has 2 amide bonds. The molecule has 146 valence electrons. The monoisotopic (exact) mass is 405 g/mol. The summed E-state index contributed by atoms with van der Waals surface area (Å²) in [7, 11) is 0. The largest absolute Gasteiger partial charge is 0.457 e. The van der Waals surface area contributed by atoms with Gasteiger partial charge >= 0.3 is 11.8 Å². The minimum atomic E-state index is -0.855. The van der Waals surface area contributed by atoms with Crippen molar-refractivity contribution in [2.45, 2.75) is 4.90 Å². The fraction of sp³-hybridized carbons (Fsp3) is 0.0455. The van der Waals surface area contributed by atoms with Crippen LogP contribution >= 0.6 is 11.8 Å². The number of thioether (sulfide) groups is 1. The highest BCUT2D eigenvalue weighted by Crippen LogP contribution is 2.22. The summed E-state index contributed by atoms with van der Waals surface area (Å²) in [6, 6.07) is 23.7. The normalized spacial score (nSPS) is 10.5. The number of carbonyl (C=O) groups excluding carboxylic acids is 2. The van der Waals surface area contributed by atoms with Crippen molar-refractivity contribution >= 4 is 35.5 Å². The summed E-state index contributed by atoms with van der Waals surface area (Å²) in [5.74, 6) is -0.330. The molecule has 29 heavy (non-hydrogen) atoms. The van der Waals surface area contributed by atoms with E-state index in [9.17, 15) is 9.59 Å². The number of hydrogen-bond acceptors (Lipinski definition) is 5. The molecule has 2 N–H and O–H groups in total. The number of nitrogens with one attached hydrogen (secondary N) is 2. The van der Waals surface area contributed by atoms with Gasteiger partial charge in [-0.1, -0.05) is 30.3 Å². The fourth-order valence-electron chi connectivity index (χ4n) is 2.32. The number of hydrazone groups is 1. The number of nitrogens with zero attached hydrogens (tertiary/aromatic N) is 1. The van der Waals surface area contributed by atoms with Gasteiger partial charge in [-0.25, -0.2) is 5.43 Å². The molecule has 0 fully saturated rings. The zero-order valence-electron chi connectivity index (χ0n) is 15.7. The summed E-state index contributed by atoms with van der Waals surface area (Å²) >= 11 is 1.64. The lowest BCUT2D eigenvalue weighted by atomic mass is 10.2. The van der Waals surface area contributed by atoms with Crippen LogP contribution in [0.1, 0.15) is 5.56 Å². The Morgan fingerprint density at radius 1 is 0.862 bits per heavy atom. The second-order valence-electron chi connectivity index (χ2n) is 5.87. The molecule has 0 aromatic heterocycles. The summed E-state index contributed by atoms with van der Waals surface area (Å²) in [5, 5.41) is 6.32. The third-order valence-electron chi connectivity index (χ3n) is 3.79. The molecule has 0 atom stereocenters. The van der Waals surface area contributed by atoms with Crippen molar-refractivity contribution in [3.05, 3.63) is 84.4 Å². The number of anilines is 1. The Morgan fingerprint density at radius 2 is 1.52 bits per heavy atom. The molecule has 3 aromatic rings.